The number of para-hydroxylation sites is 1. The number of amides is 1. The van der Waals surface area contributed by atoms with Crippen LogP contribution >= 0.6 is 0 Å². The van der Waals surface area contributed by atoms with Crippen molar-refractivity contribution >= 4 is 16.9 Å². The van der Waals surface area contributed by atoms with Gasteiger partial charge in [0, 0.05) is 5.56 Å². The van der Waals surface area contributed by atoms with Crippen LogP contribution in [-0.4, -0.2) is 5.91 Å². The molecule has 2 N–H and O–H groups in total. The number of benzene rings is 1. The molecule has 2 rings (SSSR count). The summed E-state index contributed by atoms with van der Waals surface area (Å²) < 4.78 is 5.35. The van der Waals surface area contributed by atoms with E-state index < -0.39 is 5.91 Å². The van der Waals surface area contributed by atoms with Crippen molar-refractivity contribution in [1.29, 1.82) is 0 Å². The van der Waals surface area contributed by atoms with Crippen LogP contribution < -0.4 is 11.2 Å². The molecule has 0 fully saturated rings. The van der Waals surface area contributed by atoms with Crippen molar-refractivity contribution in [3.05, 3.63) is 45.8 Å². The lowest BCUT2D eigenvalue weighted by molar-refractivity contribution is 0.0973. The van der Waals surface area contributed by atoms with Crippen molar-refractivity contribution in [3.63, 3.8) is 0 Å². The summed E-state index contributed by atoms with van der Waals surface area (Å²) in [6.45, 7) is 1.79. The van der Waals surface area contributed by atoms with Gasteiger partial charge in [-0.3, -0.25) is 9.59 Å². The highest BCUT2D eigenvalue weighted by Crippen LogP contribution is 2.15. The van der Waals surface area contributed by atoms with Gasteiger partial charge in [-0.05, 0) is 18.6 Å². The Morgan fingerprint density at radius 3 is 2.69 bits per heavy atom. The van der Waals surface area contributed by atoms with Gasteiger partial charge in [-0.15, -0.1) is 0 Å². The number of primary amides is 1. The van der Waals surface area contributed by atoms with Crippen LogP contribution in [0.1, 0.15) is 23.0 Å². The minimum atomic E-state index is -0.709. The smallest absolute Gasteiger partial charge is 0.284 e. The Morgan fingerprint density at radius 2 is 2.06 bits per heavy atom. The Hall–Kier alpha value is -2.10. The van der Waals surface area contributed by atoms with Crippen molar-refractivity contribution in [2.45, 2.75) is 13.3 Å². The Balaban J connectivity index is 2.93. The van der Waals surface area contributed by atoms with E-state index in [2.05, 4.69) is 0 Å². The highest BCUT2D eigenvalue weighted by atomic mass is 16.3. The van der Waals surface area contributed by atoms with Crippen LogP contribution in [0.25, 0.3) is 11.0 Å². The molecule has 1 aromatic carbocycles. The number of carbonyl (C=O) groups excluding carboxylic acids is 1. The van der Waals surface area contributed by atoms with Crippen LogP contribution in [0.15, 0.2) is 33.5 Å². The van der Waals surface area contributed by atoms with Crippen LogP contribution in [0.4, 0.5) is 0 Å². The van der Waals surface area contributed by atoms with E-state index >= 15 is 0 Å². The van der Waals surface area contributed by atoms with Crippen LogP contribution in [0.3, 0.4) is 0 Å². The third-order valence-corrected chi connectivity index (χ3v) is 2.47. The van der Waals surface area contributed by atoms with Gasteiger partial charge in [-0.25, -0.2) is 0 Å². The van der Waals surface area contributed by atoms with E-state index in [4.69, 9.17) is 10.2 Å². The normalized spacial score (nSPS) is 10.6. The quantitative estimate of drug-likeness (QED) is 0.827. The van der Waals surface area contributed by atoms with Gasteiger partial charge in [-0.2, -0.15) is 0 Å². The summed E-state index contributed by atoms with van der Waals surface area (Å²) in [4.78, 5) is 23.2. The predicted octanol–water partition coefficient (Wildman–Crippen LogP) is 1.45. The van der Waals surface area contributed by atoms with E-state index in [1.54, 1.807) is 31.2 Å². The van der Waals surface area contributed by atoms with E-state index in [1.807, 2.05) is 0 Å². The molecular formula is C12H11NO3. The molecule has 0 saturated carbocycles. The van der Waals surface area contributed by atoms with Crippen molar-refractivity contribution in [1.82, 2.24) is 0 Å². The second-order valence-corrected chi connectivity index (χ2v) is 3.45. The molecule has 0 atom stereocenters. The molecule has 1 amide bonds. The molecule has 4 heteroatoms. The van der Waals surface area contributed by atoms with Crippen molar-refractivity contribution in [3.8, 4) is 0 Å². The monoisotopic (exact) mass is 217 g/mol. The highest BCUT2D eigenvalue weighted by Gasteiger charge is 2.16. The predicted molar refractivity (Wildman–Crippen MR) is 60.4 cm³/mol. The molecule has 0 saturated heterocycles. The fraction of sp³-hybridized carbons (Fsp3) is 0.167. The van der Waals surface area contributed by atoms with Gasteiger partial charge in [0.25, 0.3) is 5.91 Å². The summed E-state index contributed by atoms with van der Waals surface area (Å²) in [5.41, 5.74) is 5.72. The van der Waals surface area contributed by atoms with Gasteiger partial charge >= 0.3 is 0 Å². The molecule has 0 unspecified atom stereocenters. The maximum Gasteiger partial charge on any atom is 0.284 e. The first kappa shape index (κ1) is 10.4. The van der Waals surface area contributed by atoms with Crippen LogP contribution in [0.5, 0.6) is 0 Å². The van der Waals surface area contributed by atoms with Crippen molar-refractivity contribution in [2.75, 3.05) is 0 Å². The SMILES string of the molecule is CCc1c(C(N)=O)oc2ccccc2c1=O. The summed E-state index contributed by atoms with van der Waals surface area (Å²) in [6, 6.07) is 6.80. The number of carbonyl (C=O) groups is 1. The minimum absolute atomic E-state index is 0.0359. The van der Waals surface area contributed by atoms with E-state index in [0.29, 0.717) is 23.0 Å². The van der Waals surface area contributed by atoms with Gasteiger partial charge in [0.2, 0.25) is 0 Å². The Labute approximate surface area is 91.7 Å². The maximum atomic E-state index is 12.0. The first-order valence-electron chi connectivity index (χ1n) is 4.99. The molecule has 0 radical (unpaired) electrons. The summed E-state index contributed by atoms with van der Waals surface area (Å²) >= 11 is 0. The zero-order valence-corrected chi connectivity index (χ0v) is 8.82. The fourth-order valence-electron chi connectivity index (χ4n) is 1.70. The molecule has 1 heterocycles. The first-order chi connectivity index (χ1) is 7.65. The molecule has 0 aliphatic rings. The first-order valence-corrected chi connectivity index (χ1v) is 4.99. The molecule has 0 aliphatic heterocycles. The molecule has 16 heavy (non-hydrogen) atoms. The number of fused-ring (bicyclic) bond motifs is 1. The Bertz CT molecular complexity index is 613. The van der Waals surface area contributed by atoms with E-state index in [-0.39, 0.29) is 11.2 Å². The molecule has 0 spiro atoms. The molecular weight excluding hydrogens is 206 g/mol. The van der Waals surface area contributed by atoms with E-state index in [1.165, 1.54) is 0 Å². The number of nitrogens with two attached hydrogens (primary N) is 1. The van der Waals surface area contributed by atoms with Gasteiger partial charge in [0.05, 0.1) is 5.39 Å². The number of rotatable bonds is 2. The second-order valence-electron chi connectivity index (χ2n) is 3.45. The second kappa shape index (κ2) is 3.81. The molecule has 0 aliphatic carbocycles. The summed E-state index contributed by atoms with van der Waals surface area (Å²) in [5.74, 6) is -0.745. The van der Waals surface area contributed by atoms with Gasteiger partial charge < -0.3 is 10.2 Å². The fourth-order valence-corrected chi connectivity index (χ4v) is 1.70. The molecule has 1 aromatic heterocycles. The summed E-state index contributed by atoms with van der Waals surface area (Å²) in [7, 11) is 0. The van der Waals surface area contributed by atoms with Crippen molar-refractivity contribution in [2.24, 2.45) is 5.73 Å². The third-order valence-electron chi connectivity index (χ3n) is 2.47. The summed E-state index contributed by atoms with van der Waals surface area (Å²) in [6.07, 6.45) is 0.422. The lowest BCUT2D eigenvalue weighted by Gasteiger charge is -2.04. The van der Waals surface area contributed by atoms with Crippen LogP contribution in [0, 0.1) is 0 Å². The average Bonchev–Trinajstić information content (AvgIpc) is 2.29. The Morgan fingerprint density at radius 1 is 1.38 bits per heavy atom. The van der Waals surface area contributed by atoms with Gasteiger partial charge in [0.15, 0.2) is 11.2 Å². The largest absolute Gasteiger partial charge is 0.450 e. The average molecular weight is 217 g/mol. The minimum Gasteiger partial charge on any atom is -0.450 e. The zero-order chi connectivity index (χ0) is 11.7. The number of hydrogen-bond donors (Lipinski definition) is 1. The lowest BCUT2D eigenvalue weighted by Crippen LogP contribution is -2.20. The van der Waals surface area contributed by atoms with Crippen molar-refractivity contribution < 1.29 is 9.21 Å². The third kappa shape index (κ3) is 1.48. The Kier molecular flexibility index (Phi) is 2.48. The molecule has 4 nitrogen and oxygen atoms in total. The molecule has 0 bridgehead atoms. The van der Waals surface area contributed by atoms with E-state index in [9.17, 15) is 9.59 Å². The van der Waals surface area contributed by atoms with Gasteiger partial charge in [0.1, 0.15) is 5.58 Å². The standard InChI is InChI=1S/C12H11NO3/c1-2-7-10(14)8-5-3-4-6-9(8)16-11(7)12(13)15/h3-6H,2H2,1H3,(H2,13,15). The van der Waals surface area contributed by atoms with Gasteiger partial charge in [-0.1, -0.05) is 19.1 Å². The molecule has 2 aromatic rings. The molecule has 82 valence electrons. The van der Waals surface area contributed by atoms with Crippen LogP contribution in [-0.2, 0) is 6.42 Å². The number of hydrogen-bond acceptors (Lipinski definition) is 3. The maximum absolute atomic E-state index is 12.0. The van der Waals surface area contributed by atoms with E-state index in [0.717, 1.165) is 0 Å². The van der Waals surface area contributed by atoms with Crippen LogP contribution in [0.2, 0.25) is 0 Å². The summed E-state index contributed by atoms with van der Waals surface area (Å²) in [5, 5.41) is 0.476. The zero-order valence-electron chi connectivity index (χ0n) is 8.82. The topological polar surface area (TPSA) is 73.3 Å². The highest BCUT2D eigenvalue weighted by molar-refractivity contribution is 5.93. The lowest BCUT2D eigenvalue weighted by atomic mass is 10.1.